The number of hydrogen-bond acceptors (Lipinski definition) is 0. The molecule has 0 saturated carbocycles. The standard InChI is InChI=1S/C57H44Si.2CH3.Zr/c1-4-37-35-43-21-15-29-50(56(43)54(37)48-27-13-19-41-33-31-39-17-9-11-25-46(39)52(41)48)58(3,45-23-7-6-8-24-45)51-30-16-22-44-36-38(5-2)55(57(44)51)49-28-14-20-42-34-32-40-18-10-12-26-47(40)53(42)49;;;/h6-36H,4-5H2,1-3H3;2*1H3;. The van der Waals surface area contributed by atoms with Crippen molar-refractivity contribution in [2.24, 2.45) is 0 Å². The van der Waals surface area contributed by atoms with E-state index in [4.69, 9.17) is 0 Å². The van der Waals surface area contributed by atoms with Gasteiger partial charge in [-0.15, -0.1) is 0 Å². The Balaban J connectivity index is 1.27. The van der Waals surface area contributed by atoms with Crippen LogP contribution in [0.2, 0.25) is 15.8 Å². The molecule has 0 spiro atoms. The first-order chi connectivity index (χ1) is 29.9. The zero-order valence-electron chi connectivity index (χ0n) is 35.8. The van der Waals surface area contributed by atoms with E-state index in [1.807, 2.05) is 0 Å². The SMILES string of the molecule is CCC1=C(c2cccc3ccc4ccccc4c23)c2c3cccc2[Si](C)(c2ccccc2)c2cccc4c2C(c2cccc5ccc6ccccc6c25)=C(CC)[CH]4[Zr]([CH3])([CH3])[CH]13. The molecule has 9 aromatic carbocycles. The van der Waals surface area contributed by atoms with Gasteiger partial charge in [-0.25, -0.2) is 0 Å². The van der Waals surface area contributed by atoms with Crippen LogP contribution < -0.4 is 15.6 Å². The second-order valence-electron chi connectivity index (χ2n) is 18.6. The molecule has 0 nitrogen and oxygen atoms in total. The molecule has 0 saturated heterocycles. The molecule has 0 N–H and O–H groups in total. The summed E-state index contributed by atoms with van der Waals surface area (Å²) in [4.78, 5) is 0. The van der Waals surface area contributed by atoms with E-state index in [1.54, 1.807) is 43.8 Å². The average Bonchev–Trinajstić information content (AvgIpc) is 3.85. The maximum absolute atomic E-state index is 3.43. The van der Waals surface area contributed by atoms with Crippen LogP contribution in [-0.2, 0) is 20.3 Å². The summed E-state index contributed by atoms with van der Waals surface area (Å²) >= 11 is -3.43. The zero-order valence-corrected chi connectivity index (χ0v) is 39.3. The Labute approximate surface area is 365 Å². The van der Waals surface area contributed by atoms with Crippen molar-refractivity contribution in [3.8, 4) is 0 Å². The van der Waals surface area contributed by atoms with Gasteiger partial charge in [-0.2, -0.15) is 0 Å². The van der Waals surface area contributed by atoms with E-state index in [-0.39, 0.29) is 0 Å². The van der Waals surface area contributed by atoms with E-state index < -0.39 is 28.3 Å². The molecule has 12 rings (SSSR count). The fourth-order valence-electron chi connectivity index (χ4n) is 13.0. The van der Waals surface area contributed by atoms with Crippen LogP contribution in [0.15, 0.2) is 187 Å². The van der Waals surface area contributed by atoms with Gasteiger partial charge in [0.25, 0.3) is 0 Å². The van der Waals surface area contributed by atoms with E-state index in [0.29, 0.717) is 7.25 Å². The van der Waals surface area contributed by atoms with Crippen molar-refractivity contribution in [2.75, 3.05) is 0 Å². The molecule has 8 bridgehead atoms. The third-order valence-electron chi connectivity index (χ3n) is 15.4. The van der Waals surface area contributed by atoms with Gasteiger partial charge in [0.2, 0.25) is 0 Å². The summed E-state index contributed by atoms with van der Waals surface area (Å²) in [6.45, 7) is 7.64. The summed E-state index contributed by atoms with van der Waals surface area (Å²) in [5.41, 5.74) is 15.6. The quantitative estimate of drug-likeness (QED) is 0.119. The van der Waals surface area contributed by atoms with Gasteiger partial charge in [-0.1, -0.05) is 0 Å². The maximum atomic E-state index is 2.83. The predicted octanol–water partition coefficient (Wildman–Crippen LogP) is 14.2. The van der Waals surface area contributed by atoms with Gasteiger partial charge in [-0.3, -0.25) is 0 Å². The molecule has 0 fully saturated rings. The van der Waals surface area contributed by atoms with Crippen molar-refractivity contribution in [1.82, 2.24) is 0 Å². The summed E-state index contributed by atoms with van der Waals surface area (Å²) in [6.07, 6.45) is 2.09. The summed E-state index contributed by atoms with van der Waals surface area (Å²) < 4.78 is 6.55. The van der Waals surface area contributed by atoms with Gasteiger partial charge in [0.05, 0.1) is 0 Å². The van der Waals surface area contributed by atoms with E-state index in [1.165, 1.54) is 70.5 Å². The third kappa shape index (κ3) is 5.07. The fourth-order valence-corrected chi connectivity index (χ4v) is 29.2. The number of fused-ring (bicyclic) bond motifs is 6. The molecule has 1 heterocycles. The summed E-state index contributed by atoms with van der Waals surface area (Å²) in [5, 5.41) is 15.4. The van der Waals surface area contributed by atoms with Crippen LogP contribution >= 0.6 is 0 Å². The molecule has 2 unspecified atom stereocenters. The topological polar surface area (TPSA) is 0 Å². The summed E-state index contributed by atoms with van der Waals surface area (Å²) in [5.74, 6) is 0. The molecular formula is C59H50SiZr. The Kier molecular flexibility index (Phi) is 8.46. The normalized spacial score (nSPS) is 20.1. The molecule has 294 valence electrons. The minimum atomic E-state index is -3.43. The minimum absolute atomic E-state index is 0.442. The zero-order chi connectivity index (χ0) is 41.2. The Morgan fingerprint density at radius 2 is 0.836 bits per heavy atom. The van der Waals surface area contributed by atoms with Crippen LogP contribution in [0.3, 0.4) is 0 Å². The molecule has 61 heavy (non-hydrogen) atoms. The number of benzene rings is 9. The molecule has 1 aliphatic heterocycles. The molecule has 2 aliphatic carbocycles. The van der Waals surface area contributed by atoms with Crippen LogP contribution in [0, 0.1) is 0 Å². The second kappa shape index (κ2) is 13.8. The van der Waals surface area contributed by atoms with E-state index in [9.17, 15) is 0 Å². The molecule has 0 amide bonds. The molecule has 9 aromatic rings. The van der Waals surface area contributed by atoms with Crippen LogP contribution in [-0.4, -0.2) is 8.07 Å². The van der Waals surface area contributed by atoms with Gasteiger partial charge >= 0.3 is 368 Å². The summed E-state index contributed by atoms with van der Waals surface area (Å²) in [6, 6.07) is 68.7. The van der Waals surface area contributed by atoms with Crippen molar-refractivity contribution in [3.63, 3.8) is 0 Å². The van der Waals surface area contributed by atoms with Crippen molar-refractivity contribution >= 4 is 77.9 Å². The van der Waals surface area contributed by atoms with E-state index in [2.05, 4.69) is 206 Å². The van der Waals surface area contributed by atoms with E-state index >= 15 is 0 Å². The van der Waals surface area contributed by atoms with Crippen molar-refractivity contribution in [1.29, 1.82) is 0 Å². The van der Waals surface area contributed by atoms with Gasteiger partial charge in [0.1, 0.15) is 0 Å². The Bertz CT molecular complexity index is 3180. The van der Waals surface area contributed by atoms with Gasteiger partial charge < -0.3 is 0 Å². The molecule has 0 radical (unpaired) electrons. The van der Waals surface area contributed by atoms with E-state index in [0.717, 1.165) is 12.8 Å². The van der Waals surface area contributed by atoms with Gasteiger partial charge in [0, 0.05) is 0 Å². The predicted molar refractivity (Wildman–Crippen MR) is 263 cm³/mol. The van der Waals surface area contributed by atoms with Crippen molar-refractivity contribution < 1.29 is 20.3 Å². The van der Waals surface area contributed by atoms with Crippen molar-refractivity contribution in [2.45, 2.75) is 49.8 Å². The first-order valence-electron chi connectivity index (χ1n) is 22.5. The monoisotopic (exact) mass is 876 g/mol. The average molecular weight is 878 g/mol. The van der Waals surface area contributed by atoms with Crippen LogP contribution in [0.4, 0.5) is 0 Å². The Hall–Kier alpha value is -5.40. The third-order valence-corrected chi connectivity index (χ3v) is 30.4. The van der Waals surface area contributed by atoms with Gasteiger partial charge in [0.15, 0.2) is 0 Å². The van der Waals surface area contributed by atoms with Crippen molar-refractivity contribution in [3.05, 3.63) is 220 Å². The number of allylic oxidation sites excluding steroid dienone is 2. The van der Waals surface area contributed by atoms with Crippen LogP contribution in [0.5, 0.6) is 0 Å². The number of hydrogen-bond donors (Lipinski definition) is 0. The first kappa shape index (κ1) is 37.4. The first-order valence-corrected chi connectivity index (χ1v) is 32.7. The molecule has 2 atom stereocenters. The molecular weight excluding hydrogens is 828 g/mol. The number of rotatable bonds is 5. The molecule has 0 aromatic heterocycles. The Morgan fingerprint density at radius 3 is 1.31 bits per heavy atom. The second-order valence-corrected chi connectivity index (χ2v) is 34.3. The van der Waals surface area contributed by atoms with Crippen LogP contribution in [0.1, 0.15) is 67.3 Å². The summed E-state index contributed by atoms with van der Waals surface area (Å²) in [7, 11) is -2.77. The Morgan fingerprint density at radius 1 is 0.426 bits per heavy atom. The molecule has 2 heteroatoms. The fraction of sp³-hybridized carbons (Fsp3) is 0.153. The van der Waals surface area contributed by atoms with Gasteiger partial charge in [-0.05, 0) is 0 Å². The van der Waals surface area contributed by atoms with Crippen LogP contribution in [0.25, 0.3) is 54.2 Å². The molecule has 3 aliphatic rings.